The first-order valence-electron chi connectivity index (χ1n) is 7.61. The Bertz CT molecular complexity index is 1140. The van der Waals surface area contributed by atoms with Gasteiger partial charge in [0.15, 0.2) is 0 Å². The standard InChI is InChI=1S/C17H12N4O5/c1-19-8-12(13(22)11-7-18-20(2)14(11)19)17(25)26-21-15(23)9-5-3-4-6-10(9)16(21)24/h3-8H,1-2H3. The average Bonchev–Trinajstić information content (AvgIpc) is 3.13. The number of imide groups is 1. The summed E-state index contributed by atoms with van der Waals surface area (Å²) in [7, 11) is 3.31. The van der Waals surface area contributed by atoms with Crippen molar-refractivity contribution in [2.24, 2.45) is 14.1 Å². The maximum absolute atomic E-state index is 12.5. The van der Waals surface area contributed by atoms with E-state index in [1.54, 1.807) is 30.8 Å². The fraction of sp³-hybridized carbons (Fsp3) is 0.118. The van der Waals surface area contributed by atoms with Gasteiger partial charge in [0.1, 0.15) is 11.2 Å². The third-order valence-corrected chi connectivity index (χ3v) is 4.20. The Kier molecular flexibility index (Phi) is 3.26. The van der Waals surface area contributed by atoms with Gasteiger partial charge in [-0.2, -0.15) is 5.10 Å². The maximum atomic E-state index is 12.5. The molecule has 0 saturated carbocycles. The van der Waals surface area contributed by atoms with Crippen molar-refractivity contribution < 1.29 is 19.2 Å². The number of nitrogens with zero attached hydrogens (tertiary/aromatic N) is 4. The number of carbonyl (C=O) groups excluding carboxylic acids is 3. The van der Waals surface area contributed by atoms with E-state index in [0.29, 0.717) is 10.7 Å². The number of carbonyl (C=O) groups is 3. The zero-order chi connectivity index (χ0) is 18.6. The van der Waals surface area contributed by atoms with E-state index in [0.717, 1.165) is 0 Å². The molecule has 0 spiro atoms. The van der Waals surface area contributed by atoms with Gasteiger partial charge in [0, 0.05) is 20.3 Å². The third-order valence-electron chi connectivity index (χ3n) is 4.20. The number of aryl methyl sites for hydroxylation is 2. The summed E-state index contributed by atoms with van der Waals surface area (Å²) in [5.41, 5.74) is -0.0912. The first kappa shape index (κ1) is 15.8. The molecule has 4 rings (SSSR count). The van der Waals surface area contributed by atoms with Crippen molar-refractivity contribution in [2.45, 2.75) is 0 Å². The van der Waals surface area contributed by atoms with Crippen LogP contribution >= 0.6 is 0 Å². The van der Waals surface area contributed by atoms with Crippen LogP contribution in [0.5, 0.6) is 0 Å². The molecule has 26 heavy (non-hydrogen) atoms. The van der Waals surface area contributed by atoms with E-state index in [2.05, 4.69) is 5.10 Å². The monoisotopic (exact) mass is 352 g/mol. The van der Waals surface area contributed by atoms with Crippen molar-refractivity contribution in [3.05, 3.63) is 63.6 Å². The second kappa shape index (κ2) is 5.38. The van der Waals surface area contributed by atoms with Gasteiger partial charge in [0.25, 0.3) is 11.8 Å². The van der Waals surface area contributed by atoms with Crippen molar-refractivity contribution in [3.8, 4) is 0 Å². The van der Waals surface area contributed by atoms with E-state index in [1.165, 1.54) is 29.2 Å². The lowest BCUT2D eigenvalue weighted by Gasteiger charge is -2.13. The van der Waals surface area contributed by atoms with Crippen molar-refractivity contribution >= 4 is 28.8 Å². The third kappa shape index (κ3) is 2.07. The molecule has 3 aromatic rings. The number of benzene rings is 1. The fourth-order valence-electron chi connectivity index (χ4n) is 3.00. The summed E-state index contributed by atoms with van der Waals surface area (Å²) in [6.45, 7) is 0. The largest absolute Gasteiger partial charge is 0.369 e. The highest BCUT2D eigenvalue weighted by molar-refractivity contribution is 6.21. The summed E-state index contributed by atoms with van der Waals surface area (Å²) >= 11 is 0. The highest BCUT2D eigenvalue weighted by atomic mass is 16.7. The van der Waals surface area contributed by atoms with Crippen molar-refractivity contribution in [2.75, 3.05) is 0 Å². The molecule has 0 N–H and O–H groups in total. The average molecular weight is 352 g/mol. The minimum Gasteiger partial charge on any atom is -0.335 e. The fourth-order valence-corrected chi connectivity index (χ4v) is 3.00. The number of hydrogen-bond donors (Lipinski definition) is 0. The van der Waals surface area contributed by atoms with Gasteiger partial charge < -0.3 is 9.40 Å². The minimum atomic E-state index is -1.09. The molecule has 0 radical (unpaired) electrons. The van der Waals surface area contributed by atoms with E-state index >= 15 is 0 Å². The lowest BCUT2D eigenvalue weighted by atomic mass is 10.1. The Labute approximate surface area is 145 Å². The van der Waals surface area contributed by atoms with Gasteiger partial charge in [-0.25, -0.2) is 4.79 Å². The molecule has 9 heteroatoms. The zero-order valence-corrected chi connectivity index (χ0v) is 13.8. The van der Waals surface area contributed by atoms with Crippen molar-refractivity contribution in [1.82, 2.24) is 19.4 Å². The van der Waals surface area contributed by atoms with Crippen LogP contribution in [0, 0.1) is 0 Å². The molecule has 0 atom stereocenters. The minimum absolute atomic E-state index is 0.140. The van der Waals surface area contributed by atoms with Crippen molar-refractivity contribution in [3.63, 3.8) is 0 Å². The van der Waals surface area contributed by atoms with Crippen molar-refractivity contribution in [1.29, 1.82) is 0 Å². The molecule has 0 unspecified atom stereocenters. The van der Waals surface area contributed by atoms with E-state index in [-0.39, 0.29) is 22.1 Å². The predicted molar refractivity (Wildman–Crippen MR) is 88.3 cm³/mol. The summed E-state index contributed by atoms with van der Waals surface area (Å²) in [6, 6.07) is 6.12. The normalized spacial score (nSPS) is 13.4. The first-order chi connectivity index (χ1) is 12.4. The van der Waals surface area contributed by atoms with E-state index in [9.17, 15) is 19.2 Å². The second-order valence-electron chi connectivity index (χ2n) is 5.82. The Morgan fingerprint density at radius 1 is 1.04 bits per heavy atom. The molecule has 1 aromatic carbocycles. The summed E-state index contributed by atoms with van der Waals surface area (Å²) in [6.07, 6.45) is 2.63. The maximum Gasteiger partial charge on any atom is 0.369 e. The van der Waals surface area contributed by atoms with E-state index in [1.807, 2.05) is 0 Å². The Morgan fingerprint density at radius 3 is 2.27 bits per heavy atom. The number of aromatic nitrogens is 3. The molecule has 2 aromatic heterocycles. The molecule has 9 nitrogen and oxygen atoms in total. The van der Waals surface area contributed by atoms with Gasteiger partial charge in [-0.3, -0.25) is 19.1 Å². The Balaban J connectivity index is 1.71. The van der Waals surface area contributed by atoms with Crippen LogP contribution in [-0.2, 0) is 18.9 Å². The quantitative estimate of drug-likeness (QED) is 0.627. The number of hydrogen-bond acceptors (Lipinski definition) is 6. The van der Waals surface area contributed by atoms with Crippen LogP contribution in [0.25, 0.3) is 11.0 Å². The summed E-state index contributed by atoms with van der Waals surface area (Å²) in [5.74, 6) is -2.60. The van der Waals surface area contributed by atoms with E-state index in [4.69, 9.17) is 4.84 Å². The number of rotatable bonds is 2. The molecule has 1 aliphatic heterocycles. The highest BCUT2D eigenvalue weighted by Crippen LogP contribution is 2.23. The molecular formula is C17H12N4O5. The van der Waals surface area contributed by atoms with Gasteiger partial charge in [-0.1, -0.05) is 17.2 Å². The molecule has 3 heterocycles. The van der Waals surface area contributed by atoms with Crippen LogP contribution in [0.2, 0.25) is 0 Å². The Hall–Kier alpha value is -3.75. The SMILES string of the molecule is Cn1cc(C(=O)ON2C(=O)c3ccccc3C2=O)c(=O)c2cnn(C)c21. The lowest BCUT2D eigenvalue weighted by molar-refractivity contribution is -0.0585. The summed E-state index contributed by atoms with van der Waals surface area (Å²) < 4.78 is 3.04. The molecule has 130 valence electrons. The highest BCUT2D eigenvalue weighted by Gasteiger charge is 2.39. The van der Waals surface area contributed by atoms with Crippen LogP contribution < -0.4 is 5.43 Å². The molecule has 1 aliphatic rings. The molecule has 0 fully saturated rings. The van der Waals surface area contributed by atoms with Gasteiger partial charge in [-0.15, -0.1) is 0 Å². The smallest absolute Gasteiger partial charge is 0.335 e. The van der Waals surface area contributed by atoms with Crippen LogP contribution in [0.1, 0.15) is 31.1 Å². The van der Waals surface area contributed by atoms with E-state index < -0.39 is 23.2 Å². The summed E-state index contributed by atoms with van der Waals surface area (Å²) in [5, 5.41) is 4.60. The molecular weight excluding hydrogens is 340 g/mol. The van der Waals surface area contributed by atoms with Gasteiger partial charge >= 0.3 is 5.97 Å². The predicted octanol–water partition coefficient (Wildman–Crippen LogP) is 0.640. The number of hydroxylamine groups is 2. The molecule has 0 bridgehead atoms. The number of pyridine rings is 1. The van der Waals surface area contributed by atoms with Gasteiger partial charge in [-0.05, 0) is 12.1 Å². The van der Waals surface area contributed by atoms with Crippen LogP contribution in [-0.4, -0.2) is 37.2 Å². The second-order valence-corrected chi connectivity index (χ2v) is 5.82. The first-order valence-corrected chi connectivity index (χ1v) is 7.61. The zero-order valence-electron chi connectivity index (χ0n) is 13.8. The summed E-state index contributed by atoms with van der Waals surface area (Å²) in [4.78, 5) is 54.5. The van der Waals surface area contributed by atoms with Gasteiger partial charge in [0.05, 0.1) is 22.7 Å². The van der Waals surface area contributed by atoms with Crippen LogP contribution in [0.3, 0.4) is 0 Å². The topological polar surface area (TPSA) is 104 Å². The van der Waals surface area contributed by atoms with Gasteiger partial charge in [0.2, 0.25) is 5.43 Å². The Morgan fingerprint density at radius 2 is 1.65 bits per heavy atom. The number of amides is 2. The molecule has 0 saturated heterocycles. The van der Waals surface area contributed by atoms with Crippen LogP contribution in [0.4, 0.5) is 0 Å². The number of fused-ring (bicyclic) bond motifs is 2. The molecule has 0 aliphatic carbocycles. The lowest BCUT2D eigenvalue weighted by Crippen LogP contribution is -2.34. The molecule has 2 amide bonds. The van der Waals surface area contributed by atoms with Crippen LogP contribution in [0.15, 0.2) is 41.5 Å².